The number of thiophene rings is 1. The molecule has 0 aliphatic carbocycles. The Morgan fingerprint density at radius 3 is 3.00 bits per heavy atom. The van der Waals surface area contributed by atoms with Gasteiger partial charge in [-0.1, -0.05) is 12.1 Å². The van der Waals surface area contributed by atoms with E-state index in [4.69, 9.17) is 4.99 Å². The van der Waals surface area contributed by atoms with E-state index >= 15 is 0 Å². The summed E-state index contributed by atoms with van der Waals surface area (Å²) in [7, 11) is 2.07. The van der Waals surface area contributed by atoms with Gasteiger partial charge in [0.1, 0.15) is 10.8 Å². The van der Waals surface area contributed by atoms with Gasteiger partial charge < -0.3 is 15.3 Å². The van der Waals surface area contributed by atoms with Crippen molar-refractivity contribution in [2.45, 2.75) is 13.0 Å². The van der Waals surface area contributed by atoms with Gasteiger partial charge >= 0.3 is 0 Å². The molecule has 126 valence electrons. The van der Waals surface area contributed by atoms with Gasteiger partial charge in [0.2, 0.25) is 0 Å². The third kappa shape index (κ3) is 2.70. The molecule has 1 atom stereocenters. The molecule has 0 unspecified atom stereocenters. The van der Waals surface area contributed by atoms with Crippen molar-refractivity contribution in [3.05, 3.63) is 40.8 Å². The predicted octanol–water partition coefficient (Wildman–Crippen LogP) is 2.80. The molecule has 2 aromatic rings. The number of fused-ring (bicyclic) bond motifs is 2. The Kier molecular flexibility index (Phi) is 4.04. The van der Waals surface area contributed by atoms with Crippen LogP contribution >= 0.6 is 11.3 Å². The average Bonchev–Trinajstić information content (AvgIpc) is 2.87. The molecule has 0 saturated carbocycles. The lowest BCUT2D eigenvalue weighted by molar-refractivity contribution is 0.0880. The Balaban J connectivity index is 1.78. The van der Waals surface area contributed by atoms with Crippen LogP contribution < -0.4 is 5.32 Å². The number of piperazine rings is 1. The zero-order valence-electron chi connectivity index (χ0n) is 14.0. The molecule has 0 spiro atoms. The van der Waals surface area contributed by atoms with Gasteiger partial charge in [-0.3, -0.25) is 4.90 Å². The molecule has 0 amide bonds. The molecule has 1 aromatic carbocycles. The molecular formula is C18H22N4OS. The Bertz CT molecular complexity index is 785. The Morgan fingerprint density at radius 1 is 1.33 bits per heavy atom. The Labute approximate surface area is 146 Å². The molecule has 2 N–H and O–H groups in total. The molecule has 4 rings (SSSR count). The first-order valence-electron chi connectivity index (χ1n) is 8.27. The van der Waals surface area contributed by atoms with Crippen LogP contribution in [0, 0.1) is 6.92 Å². The van der Waals surface area contributed by atoms with Gasteiger partial charge in [0.15, 0.2) is 0 Å². The summed E-state index contributed by atoms with van der Waals surface area (Å²) in [4.78, 5) is 10.8. The van der Waals surface area contributed by atoms with Crippen LogP contribution in [0.5, 0.6) is 0 Å². The van der Waals surface area contributed by atoms with Crippen molar-refractivity contribution in [2.75, 3.05) is 38.6 Å². The van der Waals surface area contributed by atoms with E-state index in [9.17, 15) is 5.11 Å². The SMILES string of the molecule is Cc1cc2c(s1)Nc1ccccc1N=C2N1CCN(C)[C@@H](CO)C1. The summed E-state index contributed by atoms with van der Waals surface area (Å²) in [6, 6.07) is 10.5. The fraction of sp³-hybridized carbons (Fsp3) is 0.389. The van der Waals surface area contributed by atoms with Crippen molar-refractivity contribution in [1.82, 2.24) is 9.80 Å². The van der Waals surface area contributed by atoms with E-state index < -0.39 is 0 Å². The van der Waals surface area contributed by atoms with Crippen LogP contribution in [0.15, 0.2) is 35.3 Å². The van der Waals surface area contributed by atoms with Crippen LogP contribution in [0.4, 0.5) is 16.4 Å². The molecule has 2 aliphatic rings. The topological polar surface area (TPSA) is 51.1 Å². The predicted molar refractivity (Wildman–Crippen MR) is 100 cm³/mol. The third-order valence-corrected chi connectivity index (χ3v) is 5.73. The number of rotatable bonds is 1. The standard InChI is InChI=1S/C18H22N4OS/c1-12-9-14-17(22-8-7-21(2)13(10-22)11-23)19-15-5-3-4-6-16(15)20-18(14)24-12/h3-6,9,13,20,23H,7-8,10-11H2,1-2H3/t13-/m1/s1. The summed E-state index contributed by atoms with van der Waals surface area (Å²) in [5.74, 6) is 1.01. The summed E-state index contributed by atoms with van der Waals surface area (Å²) >= 11 is 1.76. The number of nitrogens with zero attached hydrogens (tertiary/aromatic N) is 3. The largest absolute Gasteiger partial charge is 0.395 e. The molecule has 6 heteroatoms. The van der Waals surface area contributed by atoms with Gasteiger partial charge in [0, 0.05) is 24.5 Å². The van der Waals surface area contributed by atoms with Gasteiger partial charge in [-0.25, -0.2) is 4.99 Å². The Hall–Kier alpha value is -1.89. The molecule has 2 aliphatic heterocycles. The lowest BCUT2D eigenvalue weighted by Crippen LogP contribution is -2.54. The molecule has 5 nitrogen and oxygen atoms in total. The van der Waals surface area contributed by atoms with Gasteiger partial charge in [-0.05, 0) is 32.2 Å². The summed E-state index contributed by atoms with van der Waals surface area (Å²) in [5.41, 5.74) is 3.17. The highest BCUT2D eigenvalue weighted by molar-refractivity contribution is 7.16. The van der Waals surface area contributed by atoms with Crippen LogP contribution in [0.2, 0.25) is 0 Å². The van der Waals surface area contributed by atoms with Crippen LogP contribution in [0.25, 0.3) is 0 Å². The first-order valence-corrected chi connectivity index (χ1v) is 9.09. The number of aliphatic imine (C=N–C) groups is 1. The number of benzene rings is 1. The van der Waals surface area contributed by atoms with Gasteiger partial charge in [0.05, 0.1) is 29.6 Å². The second-order valence-electron chi connectivity index (χ2n) is 6.44. The molecule has 1 saturated heterocycles. The van der Waals surface area contributed by atoms with Crippen molar-refractivity contribution in [3.63, 3.8) is 0 Å². The monoisotopic (exact) mass is 342 g/mol. The maximum atomic E-state index is 9.67. The van der Waals surface area contributed by atoms with Crippen molar-refractivity contribution in [1.29, 1.82) is 0 Å². The number of hydrogen-bond acceptors (Lipinski definition) is 6. The molecular weight excluding hydrogens is 320 g/mol. The summed E-state index contributed by atoms with van der Waals surface area (Å²) in [6.07, 6.45) is 0. The van der Waals surface area contributed by atoms with E-state index in [1.54, 1.807) is 11.3 Å². The summed E-state index contributed by atoms with van der Waals surface area (Å²) in [5, 5.41) is 14.4. The van der Waals surface area contributed by atoms with E-state index in [0.29, 0.717) is 0 Å². The lowest BCUT2D eigenvalue weighted by Gasteiger charge is -2.40. The molecule has 3 heterocycles. The second kappa shape index (κ2) is 6.20. The number of hydrogen-bond donors (Lipinski definition) is 2. The number of aliphatic hydroxyl groups excluding tert-OH is 1. The quantitative estimate of drug-likeness (QED) is 0.837. The summed E-state index contributed by atoms with van der Waals surface area (Å²) in [6.45, 7) is 4.94. The van der Waals surface area contributed by atoms with Crippen molar-refractivity contribution in [2.24, 2.45) is 4.99 Å². The molecule has 24 heavy (non-hydrogen) atoms. The van der Waals surface area contributed by atoms with E-state index in [-0.39, 0.29) is 12.6 Å². The zero-order chi connectivity index (χ0) is 16.7. The number of amidine groups is 1. The minimum Gasteiger partial charge on any atom is -0.395 e. The first-order chi connectivity index (χ1) is 11.7. The van der Waals surface area contributed by atoms with E-state index in [0.717, 1.165) is 47.4 Å². The smallest absolute Gasteiger partial charge is 0.139 e. The highest BCUT2D eigenvalue weighted by atomic mass is 32.1. The van der Waals surface area contributed by atoms with E-state index in [1.165, 1.54) is 4.88 Å². The van der Waals surface area contributed by atoms with Gasteiger partial charge in [-0.2, -0.15) is 0 Å². The van der Waals surface area contributed by atoms with E-state index in [1.807, 2.05) is 18.2 Å². The van der Waals surface area contributed by atoms with Gasteiger partial charge in [-0.15, -0.1) is 11.3 Å². The maximum absolute atomic E-state index is 9.67. The maximum Gasteiger partial charge on any atom is 0.139 e. The first kappa shape index (κ1) is 15.6. The fourth-order valence-electron chi connectivity index (χ4n) is 3.32. The minimum atomic E-state index is 0.149. The fourth-order valence-corrected chi connectivity index (χ4v) is 4.24. The minimum absolute atomic E-state index is 0.149. The number of aryl methyl sites for hydroxylation is 1. The van der Waals surface area contributed by atoms with Crippen molar-refractivity contribution < 1.29 is 5.11 Å². The molecule has 0 bridgehead atoms. The van der Waals surface area contributed by atoms with Crippen LogP contribution in [-0.2, 0) is 0 Å². The highest BCUT2D eigenvalue weighted by Gasteiger charge is 2.29. The average molecular weight is 342 g/mol. The van der Waals surface area contributed by atoms with Crippen LogP contribution in [0.1, 0.15) is 10.4 Å². The van der Waals surface area contributed by atoms with Gasteiger partial charge in [0.25, 0.3) is 0 Å². The lowest BCUT2D eigenvalue weighted by atomic mass is 10.1. The van der Waals surface area contributed by atoms with Crippen molar-refractivity contribution in [3.8, 4) is 0 Å². The van der Waals surface area contributed by atoms with Crippen LogP contribution in [0.3, 0.4) is 0 Å². The van der Waals surface area contributed by atoms with E-state index in [2.05, 4.69) is 41.2 Å². The molecule has 1 fully saturated rings. The van der Waals surface area contributed by atoms with Crippen molar-refractivity contribution >= 4 is 33.5 Å². The Morgan fingerprint density at radius 2 is 2.17 bits per heavy atom. The number of nitrogens with one attached hydrogen (secondary N) is 1. The zero-order valence-corrected chi connectivity index (χ0v) is 14.8. The summed E-state index contributed by atoms with van der Waals surface area (Å²) < 4.78 is 0. The molecule has 0 radical (unpaired) electrons. The number of likely N-dealkylation sites (N-methyl/N-ethyl adjacent to an activating group) is 1. The number of para-hydroxylation sites is 2. The normalized spacial score (nSPS) is 20.7. The number of aliphatic hydroxyl groups is 1. The third-order valence-electron chi connectivity index (χ3n) is 4.76. The second-order valence-corrected chi connectivity index (χ2v) is 7.70. The van der Waals surface area contributed by atoms with Crippen LogP contribution in [-0.4, -0.2) is 60.1 Å². The highest BCUT2D eigenvalue weighted by Crippen LogP contribution is 2.39. The molecule has 1 aromatic heterocycles. The number of anilines is 2.